The first-order valence-electron chi connectivity index (χ1n) is 11.1. The Kier molecular flexibility index (Phi) is 5.89. The SMILES string of the molecule is CC(C)NC(=O)[C@]1(Cc2ccccc2-c2cccnc2)CCN(C(=O)C2CCC2)C1. The number of likely N-dealkylation sites (tertiary alicyclic amines) is 1. The van der Waals surface area contributed by atoms with E-state index in [1.54, 1.807) is 6.20 Å². The lowest BCUT2D eigenvalue weighted by Gasteiger charge is -2.32. The van der Waals surface area contributed by atoms with Crippen LogP contribution in [0.1, 0.15) is 45.1 Å². The normalized spacial score (nSPS) is 21.5. The maximum atomic E-state index is 13.4. The maximum absolute atomic E-state index is 13.4. The average molecular weight is 406 g/mol. The smallest absolute Gasteiger partial charge is 0.228 e. The van der Waals surface area contributed by atoms with Gasteiger partial charge in [-0.2, -0.15) is 0 Å². The predicted molar refractivity (Wildman–Crippen MR) is 118 cm³/mol. The predicted octanol–water partition coefficient (Wildman–Crippen LogP) is 3.83. The van der Waals surface area contributed by atoms with E-state index in [2.05, 4.69) is 22.4 Å². The Morgan fingerprint density at radius 2 is 2.00 bits per heavy atom. The highest BCUT2D eigenvalue weighted by atomic mass is 16.2. The number of rotatable bonds is 6. The van der Waals surface area contributed by atoms with Crippen LogP contribution in [0.15, 0.2) is 48.8 Å². The maximum Gasteiger partial charge on any atom is 0.228 e. The van der Waals surface area contributed by atoms with Crippen LogP contribution in [0.4, 0.5) is 0 Å². The van der Waals surface area contributed by atoms with Crippen molar-refractivity contribution < 1.29 is 9.59 Å². The molecule has 2 amide bonds. The van der Waals surface area contributed by atoms with Crippen LogP contribution in [0.2, 0.25) is 0 Å². The van der Waals surface area contributed by atoms with Crippen LogP contribution >= 0.6 is 0 Å². The Labute approximate surface area is 178 Å². The van der Waals surface area contributed by atoms with Crippen molar-refractivity contribution in [1.29, 1.82) is 0 Å². The van der Waals surface area contributed by atoms with E-state index >= 15 is 0 Å². The summed E-state index contributed by atoms with van der Waals surface area (Å²) in [4.78, 5) is 32.5. The summed E-state index contributed by atoms with van der Waals surface area (Å²) in [6.07, 6.45) is 8.07. The zero-order valence-electron chi connectivity index (χ0n) is 17.9. The van der Waals surface area contributed by atoms with Crippen LogP contribution in [-0.4, -0.2) is 40.8 Å². The van der Waals surface area contributed by atoms with Crippen molar-refractivity contribution in [2.75, 3.05) is 13.1 Å². The molecule has 2 fully saturated rings. The molecule has 1 atom stereocenters. The lowest BCUT2D eigenvalue weighted by molar-refractivity contribution is -0.138. The number of nitrogens with zero attached hydrogens (tertiary/aromatic N) is 2. The van der Waals surface area contributed by atoms with Gasteiger partial charge in [0.25, 0.3) is 0 Å². The van der Waals surface area contributed by atoms with Crippen LogP contribution < -0.4 is 5.32 Å². The molecule has 1 aromatic heterocycles. The van der Waals surface area contributed by atoms with Crippen molar-refractivity contribution in [3.8, 4) is 11.1 Å². The van der Waals surface area contributed by atoms with E-state index in [1.165, 1.54) is 0 Å². The average Bonchev–Trinajstić information content (AvgIpc) is 3.13. The molecule has 1 aliphatic carbocycles. The molecule has 1 aromatic carbocycles. The Morgan fingerprint density at radius 1 is 1.20 bits per heavy atom. The highest BCUT2D eigenvalue weighted by Crippen LogP contribution is 2.39. The fourth-order valence-corrected chi connectivity index (χ4v) is 4.64. The first kappa shape index (κ1) is 20.6. The topological polar surface area (TPSA) is 62.3 Å². The van der Waals surface area contributed by atoms with Crippen molar-refractivity contribution in [3.63, 3.8) is 0 Å². The summed E-state index contributed by atoms with van der Waals surface area (Å²) in [6.45, 7) is 5.14. The van der Waals surface area contributed by atoms with Crippen LogP contribution in [0.5, 0.6) is 0 Å². The minimum atomic E-state index is -0.595. The molecule has 158 valence electrons. The highest BCUT2D eigenvalue weighted by molar-refractivity contribution is 5.87. The molecule has 2 aromatic rings. The fraction of sp³-hybridized carbons (Fsp3) is 0.480. The van der Waals surface area contributed by atoms with E-state index in [1.807, 2.05) is 49.2 Å². The fourth-order valence-electron chi connectivity index (χ4n) is 4.64. The van der Waals surface area contributed by atoms with Crippen LogP contribution in [0.3, 0.4) is 0 Å². The minimum Gasteiger partial charge on any atom is -0.353 e. The summed E-state index contributed by atoms with van der Waals surface area (Å²) in [5.74, 6) is 0.458. The third-order valence-corrected chi connectivity index (χ3v) is 6.54. The monoisotopic (exact) mass is 405 g/mol. The lowest BCUT2D eigenvalue weighted by Crippen LogP contribution is -2.48. The van der Waals surface area contributed by atoms with E-state index in [0.29, 0.717) is 25.9 Å². The molecule has 0 bridgehead atoms. The zero-order valence-corrected chi connectivity index (χ0v) is 17.9. The largest absolute Gasteiger partial charge is 0.353 e. The van der Waals surface area contributed by atoms with Crippen molar-refractivity contribution in [2.24, 2.45) is 11.3 Å². The summed E-state index contributed by atoms with van der Waals surface area (Å²) in [5, 5.41) is 3.13. The first-order valence-corrected chi connectivity index (χ1v) is 11.1. The molecular weight excluding hydrogens is 374 g/mol. The molecule has 1 saturated heterocycles. The Bertz CT molecular complexity index is 908. The molecule has 0 radical (unpaired) electrons. The van der Waals surface area contributed by atoms with Crippen molar-refractivity contribution in [1.82, 2.24) is 15.2 Å². The van der Waals surface area contributed by atoms with E-state index in [9.17, 15) is 9.59 Å². The number of carbonyl (C=O) groups excluding carboxylic acids is 2. The second-order valence-electron chi connectivity index (χ2n) is 9.12. The van der Waals surface area contributed by atoms with Gasteiger partial charge in [0.15, 0.2) is 0 Å². The molecule has 4 rings (SSSR count). The quantitative estimate of drug-likeness (QED) is 0.794. The van der Waals surface area contributed by atoms with Gasteiger partial charge in [-0.05, 0) is 56.7 Å². The summed E-state index contributed by atoms with van der Waals surface area (Å²) in [6, 6.07) is 12.3. The number of benzene rings is 1. The first-order chi connectivity index (χ1) is 14.5. The van der Waals surface area contributed by atoms with Crippen LogP contribution in [-0.2, 0) is 16.0 Å². The van der Waals surface area contributed by atoms with Gasteiger partial charge >= 0.3 is 0 Å². The Morgan fingerprint density at radius 3 is 2.67 bits per heavy atom. The molecule has 5 nitrogen and oxygen atoms in total. The van der Waals surface area contributed by atoms with E-state index < -0.39 is 5.41 Å². The van der Waals surface area contributed by atoms with E-state index in [4.69, 9.17) is 0 Å². The summed E-state index contributed by atoms with van der Waals surface area (Å²) < 4.78 is 0. The summed E-state index contributed by atoms with van der Waals surface area (Å²) in [7, 11) is 0. The number of hydrogen-bond acceptors (Lipinski definition) is 3. The van der Waals surface area contributed by atoms with Crippen molar-refractivity contribution in [2.45, 2.75) is 52.0 Å². The minimum absolute atomic E-state index is 0.0578. The highest BCUT2D eigenvalue weighted by Gasteiger charge is 2.47. The van der Waals surface area contributed by atoms with Gasteiger partial charge in [-0.15, -0.1) is 0 Å². The van der Waals surface area contributed by atoms with Crippen LogP contribution in [0, 0.1) is 11.3 Å². The summed E-state index contributed by atoms with van der Waals surface area (Å²) >= 11 is 0. The molecule has 2 aliphatic rings. The summed E-state index contributed by atoms with van der Waals surface area (Å²) in [5.41, 5.74) is 2.68. The van der Waals surface area contributed by atoms with Crippen LogP contribution in [0.25, 0.3) is 11.1 Å². The van der Waals surface area contributed by atoms with Gasteiger partial charge < -0.3 is 10.2 Å². The number of nitrogens with one attached hydrogen (secondary N) is 1. The number of pyridine rings is 1. The molecule has 1 N–H and O–H groups in total. The zero-order chi connectivity index (χ0) is 21.1. The second kappa shape index (κ2) is 8.58. The molecule has 1 saturated carbocycles. The van der Waals surface area contributed by atoms with Crippen molar-refractivity contribution in [3.05, 3.63) is 54.4 Å². The third kappa shape index (κ3) is 4.11. The van der Waals surface area contributed by atoms with Gasteiger partial charge in [0.2, 0.25) is 11.8 Å². The number of amides is 2. The number of aromatic nitrogens is 1. The molecule has 1 aliphatic heterocycles. The van der Waals surface area contributed by atoms with E-state index in [0.717, 1.165) is 36.0 Å². The molecule has 0 spiro atoms. The molecule has 30 heavy (non-hydrogen) atoms. The molecule has 5 heteroatoms. The van der Waals surface area contributed by atoms with E-state index in [-0.39, 0.29) is 23.8 Å². The third-order valence-electron chi connectivity index (χ3n) is 6.54. The molecular formula is C25H31N3O2. The Balaban J connectivity index is 1.64. The van der Waals surface area contributed by atoms with Gasteiger partial charge in [0, 0.05) is 43.0 Å². The number of hydrogen-bond donors (Lipinski definition) is 1. The lowest BCUT2D eigenvalue weighted by atomic mass is 9.78. The van der Waals surface area contributed by atoms with Gasteiger partial charge in [0.05, 0.1) is 5.41 Å². The van der Waals surface area contributed by atoms with Crippen molar-refractivity contribution >= 4 is 11.8 Å². The number of carbonyl (C=O) groups is 2. The molecule has 2 heterocycles. The standard InChI is InChI=1S/C25H31N3O2/c1-18(2)27-24(30)25(12-14-28(17-25)23(29)19-8-5-9-19)15-20-7-3-4-11-22(20)21-10-6-13-26-16-21/h3-4,6-7,10-11,13,16,18-19H,5,8-9,12,14-15,17H2,1-2H3,(H,27,30)/t25-/m0/s1. The second-order valence-corrected chi connectivity index (χ2v) is 9.12. The van der Waals surface area contributed by atoms with Gasteiger partial charge in [0.1, 0.15) is 0 Å². The van der Waals surface area contributed by atoms with Gasteiger partial charge in [-0.3, -0.25) is 14.6 Å². The van der Waals surface area contributed by atoms with Gasteiger partial charge in [-0.25, -0.2) is 0 Å². The van der Waals surface area contributed by atoms with Gasteiger partial charge in [-0.1, -0.05) is 36.8 Å². The molecule has 0 unspecified atom stereocenters. The Hall–Kier alpha value is -2.69.